The van der Waals surface area contributed by atoms with Crippen molar-refractivity contribution in [1.82, 2.24) is 14.9 Å². The number of hydrogen-bond acceptors (Lipinski definition) is 8. The van der Waals surface area contributed by atoms with E-state index in [1.165, 1.54) is 23.5 Å². The molecular weight excluding hydrogens is 337 g/mol. The Morgan fingerprint density at radius 1 is 1.08 bits per heavy atom. The molecule has 0 fully saturated rings. The molecule has 1 aromatic heterocycles. The first-order valence-corrected chi connectivity index (χ1v) is 7.21. The maximum atomic E-state index is 13.3. The van der Waals surface area contributed by atoms with E-state index in [9.17, 15) is 13.2 Å². The Bertz CT molecular complexity index is 822. The average Bonchev–Trinajstić information content (AvgIpc) is 2.98. The van der Waals surface area contributed by atoms with E-state index in [-0.39, 0.29) is 17.2 Å². The summed E-state index contributed by atoms with van der Waals surface area (Å²) in [5.41, 5.74) is -1.34. The zero-order chi connectivity index (χ0) is 18.4. The number of aliphatic imine (C=N–C) groups is 4. The van der Waals surface area contributed by atoms with Gasteiger partial charge in [-0.1, -0.05) is 0 Å². The summed E-state index contributed by atoms with van der Waals surface area (Å²) in [6, 6.07) is 1.47. The lowest BCUT2D eigenvalue weighted by Gasteiger charge is -2.31. The van der Waals surface area contributed by atoms with E-state index in [0.717, 1.165) is 0 Å². The lowest BCUT2D eigenvalue weighted by Crippen LogP contribution is -2.48. The number of fused-ring (bicyclic) bond motifs is 1. The van der Waals surface area contributed by atoms with Crippen LogP contribution in [0.15, 0.2) is 32.2 Å². The summed E-state index contributed by atoms with van der Waals surface area (Å²) < 4.78 is 40.0. The van der Waals surface area contributed by atoms with Crippen LogP contribution in [0.3, 0.4) is 0 Å². The first-order valence-electron chi connectivity index (χ1n) is 7.21. The van der Waals surface area contributed by atoms with Crippen LogP contribution in [0.4, 0.5) is 19.1 Å². The van der Waals surface area contributed by atoms with Crippen molar-refractivity contribution in [1.29, 1.82) is 0 Å². The number of anilines is 1. The zero-order valence-corrected chi connectivity index (χ0v) is 13.9. The van der Waals surface area contributed by atoms with Gasteiger partial charge < -0.3 is 9.80 Å². The highest BCUT2D eigenvalue weighted by atomic mass is 19.4. The smallest absolute Gasteiger partial charge is 0.361 e. The van der Waals surface area contributed by atoms with Gasteiger partial charge in [-0.15, -0.1) is 0 Å². The number of nitrogens with zero attached hydrogens (tertiary/aromatic N) is 8. The molecule has 0 spiro atoms. The quantitative estimate of drug-likeness (QED) is 0.799. The Balaban J connectivity index is 2.24. The van der Waals surface area contributed by atoms with E-state index >= 15 is 0 Å². The van der Waals surface area contributed by atoms with Crippen molar-refractivity contribution in [2.24, 2.45) is 20.0 Å². The molecule has 0 bridgehead atoms. The molecule has 132 valence electrons. The molecule has 1 unspecified atom stereocenters. The fourth-order valence-electron chi connectivity index (χ4n) is 2.39. The molecule has 11 heteroatoms. The van der Waals surface area contributed by atoms with E-state index in [2.05, 4.69) is 29.9 Å². The minimum Gasteiger partial charge on any atom is -0.361 e. The van der Waals surface area contributed by atoms with Gasteiger partial charge in [0, 0.05) is 34.4 Å². The van der Waals surface area contributed by atoms with Gasteiger partial charge in [0.1, 0.15) is 17.7 Å². The van der Waals surface area contributed by atoms with Crippen molar-refractivity contribution in [2.45, 2.75) is 11.8 Å². The van der Waals surface area contributed by atoms with E-state index in [4.69, 9.17) is 0 Å². The van der Waals surface area contributed by atoms with E-state index in [0.29, 0.717) is 5.95 Å². The molecule has 8 nitrogen and oxygen atoms in total. The van der Waals surface area contributed by atoms with Crippen LogP contribution in [0.25, 0.3) is 0 Å². The topological polar surface area (TPSA) is 81.7 Å². The molecule has 0 saturated heterocycles. The largest absolute Gasteiger partial charge is 0.451 e. The van der Waals surface area contributed by atoms with Crippen LogP contribution in [0.2, 0.25) is 0 Å². The fraction of sp³-hybridized carbons (Fsp3) is 0.429. The van der Waals surface area contributed by atoms with Gasteiger partial charge in [0.05, 0.1) is 0 Å². The van der Waals surface area contributed by atoms with Crippen LogP contribution < -0.4 is 4.90 Å². The minimum absolute atomic E-state index is 0.0323. The van der Waals surface area contributed by atoms with Gasteiger partial charge in [-0.3, -0.25) is 0 Å². The van der Waals surface area contributed by atoms with Gasteiger partial charge in [-0.25, -0.2) is 29.9 Å². The van der Waals surface area contributed by atoms with Crippen LogP contribution in [0, 0.1) is 0 Å². The number of amidine groups is 2. The van der Waals surface area contributed by atoms with Gasteiger partial charge in [-0.2, -0.15) is 13.2 Å². The van der Waals surface area contributed by atoms with Crippen LogP contribution in [0.5, 0.6) is 0 Å². The second-order valence-electron chi connectivity index (χ2n) is 5.79. The summed E-state index contributed by atoms with van der Waals surface area (Å²) in [5.74, 6) is -0.921. The Labute approximate surface area is 141 Å². The van der Waals surface area contributed by atoms with Crippen LogP contribution in [-0.4, -0.2) is 73.0 Å². The van der Waals surface area contributed by atoms with Crippen molar-refractivity contribution in [3.63, 3.8) is 0 Å². The number of aromatic nitrogens is 2. The molecule has 0 saturated carbocycles. The highest BCUT2D eigenvalue weighted by molar-refractivity contribution is 6.48. The molecule has 3 heterocycles. The predicted molar refractivity (Wildman–Crippen MR) is 88.6 cm³/mol. The van der Waals surface area contributed by atoms with E-state index in [1.807, 2.05) is 0 Å². The van der Waals surface area contributed by atoms with Gasteiger partial charge in [0.15, 0.2) is 5.84 Å². The Hall–Kier alpha value is -2.85. The lowest BCUT2D eigenvalue weighted by atomic mass is 9.98. The highest BCUT2D eigenvalue weighted by Gasteiger charge is 2.51. The van der Waals surface area contributed by atoms with Crippen molar-refractivity contribution < 1.29 is 13.2 Å². The Morgan fingerprint density at radius 3 is 2.40 bits per heavy atom. The number of halogens is 3. The number of rotatable bonds is 2. The Morgan fingerprint density at radius 2 is 1.80 bits per heavy atom. The number of alkyl halides is 3. The van der Waals surface area contributed by atoms with Gasteiger partial charge >= 0.3 is 6.18 Å². The molecule has 2 aliphatic rings. The lowest BCUT2D eigenvalue weighted by molar-refractivity contribution is -0.0603. The molecular formula is C14H15F3N8. The monoisotopic (exact) mass is 352 g/mol. The average molecular weight is 352 g/mol. The normalized spacial score (nSPS) is 22.1. The third-order valence-electron chi connectivity index (χ3n) is 3.53. The first-order chi connectivity index (χ1) is 11.6. The van der Waals surface area contributed by atoms with Crippen LogP contribution in [0.1, 0.15) is 5.69 Å². The van der Waals surface area contributed by atoms with Crippen molar-refractivity contribution in [3.8, 4) is 0 Å². The summed E-state index contributed by atoms with van der Waals surface area (Å²) >= 11 is 0. The summed E-state index contributed by atoms with van der Waals surface area (Å²) in [7, 11) is 6.60. The van der Waals surface area contributed by atoms with E-state index < -0.39 is 17.7 Å². The fourth-order valence-corrected chi connectivity index (χ4v) is 2.39. The van der Waals surface area contributed by atoms with Gasteiger partial charge in [0.25, 0.3) is 0 Å². The molecule has 0 aromatic carbocycles. The highest BCUT2D eigenvalue weighted by Crippen LogP contribution is 2.37. The molecule has 25 heavy (non-hydrogen) atoms. The first kappa shape index (κ1) is 17.0. The molecule has 0 aliphatic carbocycles. The molecule has 0 radical (unpaired) electrons. The standard InChI is InChI=1S/C14H15F3N8/c1-24(2)10-9-13(20-7-19-9,23-11(22-10)14(15,16)17)8-5-6-18-12(21-8)25(3)4/h5-7H,1-4H3. The third kappa shape index (κ3) is 2.75. The van der Waals surface area contributed by atoms with Gasteiger partial charge in [0.2, 0.25) is 17.4 Å². The minimum atomic E-state index is -4.73. The zero-order valence-electron chi connectivity index (χ0n) is 13.9. The molecule has 1 aromatic rings. The van der Waals surface area contributed by atoms with Crippen LogP contribution >= 0.6 is 0 Å². The molecule has 3 rings (SSSR count). The van der Waals surface area contributed by atoms with Crippen molar-refractivity contribution in [2.75, 3.05) is 33.1 Å². The van der Waals surface area contributed by atoms with Crippen molar-refractivity contribution >= 4 is 29.7 Å². The third-order valence-corrected chi connectivity index (χ3v) is 3.53. The summed E-state index contributed by atoms with van der Waals surface area (Å²) in [5, 5.41) is 0. The maximum absolute atomic E-state index is 13.3. The second-order valence-corrected chi connectivity index (χ2v) is 5.79. The molecule has 1 atom stereocenters. The summed E-state index contributed by atoms with van der Waals surface area (Å²) in [4.78, 5) is 27.1. The summed E-state index contributed by atoms with van der Waals surface area (Å²) in [6.07, 6.45) is -2.11. The van der Waals surface area contributed by atoms with Crippen molar-refractivity contribution in [3.05, 3.63) is 18.0 Å². The maximum Gasteiger partial charge on any atom is 0.451 e. The SMILES string of the molecule is CN(C)C1=NC(C(F)(F)F)=NC2(c3ccnc(N(C)C)n3)N=CN=C12. The summed E-state index contributed by atoms with van der Waals surface area (Å²) in [6.45, 7) is 0. The van der Waals surface area contributed by atoms with Crippen LogP contribution in [-0.2, 0) is 5.66 Å². The number of hydrogen-bond donors (Lipinski definition) is 0. The second kappa shape index (κ2) is 5.60. The molecule has 2 aliphatic heterocycles. The predicted octanol–water partition coefficient (Wildman–Crippen LogP) is 1.11. The Kier molecular flexibility index (Phi) is 3.81. The molecule has 0 N–H and O–H groups in total. The molecule has 0 amide bonds. The van der Waals surface area contributed by atoms with E-state index in [1.54, 1.807) is 33.1 Å². The van der Waals surface area contributed by atoms with Gasteiger partial charge in [-0.05, 0) is 6.07 Å².